The first-order valence-electron chi connectivity index (χ1n) is 11.5. The van der Waals surface area contributed by atoms with Gasteiger partial charge in [0.1, 0.15) is 48.0 Å². The maximum absolute atomic E-state index is 12.6. The number of esters is 1. The predicted octanol–water partition coefficient (Wildman–Crippen LogP) is -1.62. The SMILES string of the molecule is O=C(/C=C/c1ccc(O)cc1)O[C@@H]1C2O[C@]2(CO)[C@H]2[C@H](O[C@@H]3O[C@H](CO)[C@@H](O)[C@H](O)[C@H]3O)OC=C[C@H]21. The van der Waals surface area contributed by atoms with Gasteiger partial charge >= 0.3 is 5.97 Å². The first-order chi connectivity index (χ1) is 17.3. The summed E-state index contributed by atoms with van der Waals surface area (Å²) < 4.78 is 28.3. The Bertz CT molecular complexity index is 1010. The van der Waals surface area contributed by atoms with E-state index in [2.05, 4.69) is 0 Å². The van der Waals surface area contributed by atoms with Gasteiger partial charge < -0.3 is 54.3 Å². The van der Waals surface area contributed by atoms with E-state index in [1.807, 2.05) is 0 Å². The molecule has 0 bridgehead atoms. The number of benzene rings is 1. The van der Waals surface area contributed by atoms with E-state index < -0.39 is 85.8 Å². The van der Waals surface area contributed by atoms with Crippen LogP contribution in [0.1, 0.15) is 5.56 Å². The fourth-order valence-corrected chi connectivity index (χ4v) is 5.21. The molecule has 12 heteroatoms. The molecule has 0 radical (unpaired) electrons. The van der Waals surface area contributed by atoms with Crippen molar-refractivity contribution in [1.82, 2.24) is 0 Å². The van der Waals surface area contributed by atoms with Crippen molar-refractivity contribution in [3.8, 4) is 5.75 Å². The van der Waals surface area contributed by atoms with Crippen molar-refractivity contribution in [2.45, 2.75) is 54.8 Å². The summed E-state index contributed by atoms with van der Waals surface area (Å²) >= 11 is 0. The molecule has 1 unspecified atom stereocenters. The predicted molar refractivity (Wildman–Crippen MR) is 118 cm³/mol. The molecule has 1 aromatic carbocycles. The van der Waals surface area contributed by atoms with Crippen LogP contribution in [-0.2, 0) is 28.5 Å². The van der Waals surface area contributed by atoms with E-state index in [0.717, 1.165) is 0 Å². The molecule has 4 aliphatic rings. The summed E-state index contributed by atoms with van der Waals surface area (Å²) in [4.78, 5) is 12.6. The highest BCUT2D eigenvalue weighted by atomic mass is 16.8. The average Bonchev–Trinajstić information content (AvgIpc) is 3.56. The molecule has 0 aromatic heterocycles. The molecule has 3 aliphatic heterocycles. The molecule has 3 fully saturated rings. The molecule has 1 saturated carbocycles. The van der Waals surface area contributed by atoms with Crippen LogP contribution in [-0.4, -0.2) is 105 Å². The number of phenolic OH excluding ortho intramolecular Hbond substituents is 1. The Morgan fingerprint density at radius 3 is 2.50 bits per heavy atom. The van der Waals surface area contributed by atoms with Crippen LogP contribution >= 0.6 is 0 Å². The van der Waals surface area contributed by atoms with Crippen molar-refractivity contribution in [2.75, 3.05) is 13.2 Å². The number of aliphatic hydroxyl groups excluding tert-OH is 5. The molecule has 1 aliphatic carbocycles. The van der Waals surface area contributed by atoms with Crippen molar-refractivity contribution in [1.29, 1.82) is 0 Å². The Morgan fingerprint density at radius 2 is 1.81 bits per heavy atom. The number of hydrogen-bond donors (Lipinski definition) is 6. The first-order valence-corrected chi connectivity index (χ1v) is 11.5. The summed E-state index contributed by atoms with van der Waals surface area (Å²) in [5.74, 6) is -1.67. The van der Waals surface area contributed by atoms with Gasteiger partial charge in [0.15, 0.2) is 6.29 Å². The zero-order valence-corrected chi connectivity index (χ0v) is 18.9. The minimum atomic E-state index is -1.64. The Kier molecular flexibility index (Phi) is 6.78. The topological polar surface area (TPSA) is 188 Å². The molecule has 3 heterocycles. The number of ether oxygens (including phenoxy) is 5. The zero-order chi connectivity index (χ0) is 25.6. The normalized spacial score (nSPS) is 43.0. The van der Waals surface area contributed by atoms with E-state index in [-0.39, 0.29) is 5.75 Å². The molecule has 11 atom stereocenters. The van der Waals surface area contributed by atoms with E-state index in [4.69, 9.17) is 23.7 Å². The van der Waals surface area contributed by atoms with E-state index >= 15 is 0 Å². The molecular formula is C24H28O12. The third kappa shape index (κ3) is 4.29. The summed E-state index contributed by atoms with van der Waals surface area (Å²) in [6.07, 6.45) is -4.18. The number of carbonyl (C=O) groups excluding carboxylic acids is 1. The number of fused-ring (bicyclic) bond motifs is 3. The molecule has 0 spiro atoms. The average molecular weight is 508 g/mol. The van der Waals surface area contributed by atoms with Gasteiger partial charge in [-0.15, -0.1) is 0 Å². The third-order valence-electron chi connectivity index (χ3n) is 7.16. The van der Waals surface area contributed by atoms with Crippen LogP contribution in [0.15, 0.2) is 42.7 Å². The Hall–Kier alpha value is -2.55. The minimum Gasteiger partial charge on any atom is -0.508 e. The van der Waals surface area contributed by atoms with Gasteiger partial charge in [0.05, 0.1) is 25.4 Å². The second-order valence-electron chi connectivity index (χ2n) is 9.25. The fraction of sp³-hybridized carbons (Fsp3) is 0.542. The van der Waals surface area contributed by atoms with Gasteiger partial charge in [-0.25, -0.2) is 4.79 Å². The Morgan fingerprint density at radius 1 is 1.06 bits per heavy atom. The molecule has 6 N–H and O–H groups in total. The number of aliphatic hydroxyl groups is 5. The van der Waals surface area contributed by atoms with Crippen LogP contribution < -0.4 is 0 Å². The van der Waals surface area contributed by atoms with Crippen molar-refractivity contribution in [3.05, 3.63) is 48.2 Å². The summed E-state index contributed by atoms with van der Waals surface area (Å²) in [5.41, 5.74) is -0.444. The van der Waals surface area contributed by atoms with E-state index in [1.165, 1.54) is 30.5 Å². The van der Waals surface area contributed by atoms with Crippen LogP contribution in [0.2, 0.25) is 0 Å². The van der Waals surface area contributed by atoms with Crippen molar-refractivity contribution < 1.29 is 59.1 Å². The van der Waals surface area contributed by atoms with Crippen molar-refractivity contribution in [2.24, 2.45) is 11.8 Å². The molecule has 12 nitrogen and oxygen atoms in total. The molecule has 1 aromatic rings. The second kappa shape index (κ2) is 9.72. The van der Waals surface area contributed by atoms with E-state index in [9.17, 15) is 35.4 Å². The highest BCUT2D eigenvalue weighted by Crippen LogP contribution is 2.60. The van der Waals surface area contributed by atoms with Gasteiger partial charge in [-0.1, -0.05) is 12.1 Å². The minimum absolute atomic E-state index is 0.102. The lowest BCUT2D eigenvalue weighted by atomic mass is 9.85. The van der Waals surface area contributed by atoms with Gasteiger partial charge in [-0.2, -0.15) is 0 Å². The van der Waals surface area contributed by atoms with Gasteiger partial charge in [0, 0.05) is 12.0 Å². The van der Waals surface area contributed by atoms with E-state index in [1.54, 1.807) is 18.2 Å². The lowest BCUT2D eigenvalue weighted by Crippen LogP contribution is -2.60. The van der Waals surface area contributed by atoms with Crippen molar-refractivity contribution in [3.63, 3.8) is 0 Å². The van der Waals surface area contributed by atoms with Crippen LogP contribution in [0.3, 0.4) is 0 Å². The molecule has 36 heavy (non-hydrogen) atoms. The smallest absolute Gasteiger partial charge is 0.331 e. The highest BCUT2D eigenvalue weighted by molar-refractivity contribution is 5.87. The summed E-state index contributed by atoms with van der Waals surface area (Å²) in [5, 5.41) is 59.3. The third-order valence-corrected chi connectivity index (χ3v) is 7.16. The highest BCUT2D eigenvalue weighted by Gasteiger charge is 2.77. The number of phenols is 1. The largest absolute Gasteiger partial charge is 0.508 e. The van der Waals surface area contributed by atoms with Crippen LogP contribution in [0.25, 0.3) is 6.08 Å². The monoisotopic (exact) mass is 508 g/mol. The maximum atomic E-state index is 12.6. The van der Waals surface area contributed by atoms with Gasteiger partial charge in [-0.05, 0) is 29.8 Å². The maximum Gasteiger partial charge on any atom is 0.331 e. The number of aromatic hydroxyl groups is 1. The first kappa shape index (κ1) is 25.1. The molecule has 196 valence electrons. The Labute approximate surface area is 205 Å². The quantitative estimate of drug-likeness (QED) is 0.141. The second-order valence-corrected chi connectivity index (χ2v) is 9.25. The molecule has 5 rings (SSSR count). The van der Waals surface area contributed by atoms with Crippen LogP contribution in [0.4, 0.5) is 0 Å². The number of epoxide rings is 1. The molecule has 0 amide bonds. The van der Waals surface area contributed by atoms with Gasteiger partial charge in [-0.3, -0.25) is 0 Å². The molecular weight excluding hydrogens is 480 g/mol. The standard InChI is InChI=1S/C24H28O12/c25-9-14-17(29)18(30)19(31)23(33-14)35-22-16-13(7-8-32-22)20(21-24(16,10-26)36-21)34-15(28)6-3-11-1-4-12(27)5-2-11/h1-8,13-14,16-23,25-27,29-31H,9-10H2/b6-3+/t13-,14-,16-,17-,18+,19-,20+,21?,22+,23+,24-/m1/s1. The van der Waals surface area contributed by atoms with Gasteiger partial charge in [0.25, 0.3) is 0 Å². The number of rotatable bonds is 7. The van der Waals surface area contributed by atoms with E-state index in [0.29, 0.717) is 5.56 Å². The number of carbonyl (C=O) groups is 1. The zero-order valence-electron chi connectivity index (χ0n) is 18.9. The van der Waals surface area contributed by atoms with Crippen LogP contribution in [0, 0.1) is 11.8 Å². The van der Waals surface area contributed by atoms with Gasteiger partial charge in [0.2, 0.25) is 6.29 Å². The fourth-order valence-electron chi connectivity index (χ4n) is 5.21. The lowest BCUT2D eigenvalue weighted by molar-refractivity contribution is -0.344. The summed E-state index contributed by atoms with van der Waals surface area (Å²) in [7, 11) is 0. The summed E-state index contributed by atoms with van der Waals surface area (Å²) in [6, 6.07) is 6.24. The lowest BCUT2D eigenvalue weighted by Gasteiger charge is -2.43. The van der Waals surface area contributed by atoms with Crippen molar-refractivity contribution >= 4 is 12.0 Å². The summed E-state index contributed by atoms with van der Waals surface area (Å²) in [6.45, 7) is -1.04. The Balaban J connectivity index is 1.30. The molecule has 2 saturated heterocycles. The van der Waals surface area contributed by atoms with Crippen LogP contribution in [0.5, 0.6) is 5.75 Å². The number of hydrogen-bond acceptors (Lipinski definition) is 12.